The van der Waals surface area contributed by atoms with Gasteiger partial charge in [-0.25, -0.2) is 4.39 Å². The van der Waals surface area contributed by atoms with E-state index in [1.54, 1.807) is 0 Å². The predicted octanol–water partition coefficient (Wildman–Crippen LogP) is 1.34. The van der Waals surface area contributed by atoms with Gasteiger partial charge in [0.25, 0.3) is 17.4 Å². The molecule has 1 aromatic heterocycles. The lowest BCUT2D eigenvalue weighted by Gasteiger charge is -2.17. The molecule has 2 amide bonds. The van der Waals surface area contributed by atoms with Crippen LogP contribution in [-0.4, -0.2) is 22.7 Å². The number of pyridine rings is 1. The molecule has 0 spiro atoms. The minimum absolute atomic E-state index is 0.321. The van der Waals surface area contributed by atoms with Gasteiger partial charge in [-0.3, -0.25) is 24.3 Å². The number of ether oxygens (including phenoxy) is 1. The van der Waals surface area contributed by atoms with Gasteiger partial charge in [-0.2, -0.15) is 0 Å². The van der Waals surface area contributed by atoms with Crippen molar-refractivity contribution in [1.29, 1.82) is 0 Å². The number of carbonyl (C=O) groups is 2. The smallest absolute Gasteiger partial charge is 0.404 e. The Kier molecular flexibility index (Phi) is 3.51. The van der Waals surface area contributed by atoms with Crippen molar-refractivity contribution in [2.45, 2.75) is 6.36 Å². The number of nitrogens with one attached hydrogen (secondary N) is 1. The van der Waals surface area contributed by atoms with E-state index in [4.69, 9.17) is 5.73 Å². The summed E-state index contributed by atoms with van der Waals surface area (Å²) in [6.07, 6.45) is -5.12. The van der Waals surface area contributed by atoms with Crippen LogP contribution in [-0.2, 0) is 0 Å². The van der Waals surface area contributed by atoms with Crippen molar-refractivity contribution in [2.24, 2.45) is 0 Å². The molecule has 11 heteroatoms. The first-order chi connectivity index (χ1) is 11.6. The van der Waals surface area contributed by atoms with E-state index < -0.39 is 52.4 Å². The fraction of sp³-hybridized carbons (Fsp3) is 0.0714. The van der Waals surface area contributed by atoms with Crippen LogP contribution in [0.3, 0.4) is 0 Å². The average Bonchev–Trinajstić information content (AvgIpc) is 2.75. The molecular formula is C14H7F4N3O4. The van der Waals surface area contributed by atoms with Crippen LogP contribution in [0.5, 0.6) is 5.75 Å². The van der Waals surface area contributed by atoms with Gasteiger partial charge < -0.3 is 10.5 Å². The number of rotatable bonds is 2. The second-order valence-corrected chi connectivity index (χ2v) is 4.93. The third-order valence-electron chi connectivity index (χ3n) is 3.34. The molecule has 1 aliphatic heterocycles. The normalized spacial score (nSPS) is 13.6. The van der Waals surface area contributed by atoms with Crippen molar-refractivity contribution in [1.82, 2.24) is 9.88 Å². The number of halogens is 4. The second-order valence-electron chi connectivity index (χ2n) is 4.93. The maximum Gasteiger partial charge on any atom is 0.573 e. The lowest BCUT2D eigenvalue weighted by atomic mass is 10.1. The Morgan fingerprint density at radius 2 is 1.76 bits per heavy atom. The Balaban J connectivity index is 2.30. The number of aromatic nitrogens is 1. The highest BCUT2D eigenvalue weighted by atomic mass is 19.4. The standard InChI is InChI=1S/C14H7F4N3O4/c15-5-1-2-8(25-14(16,17)18)7(3-5)21-9(22)4-6-10(11(21)19)13(24)20-12(6)23/h1-4H,19H2,(H,20,23,24). The van der Waals surface area contributed by atoms with E-state index in [1.165, 1.54) is 0 Å². The molecule has 0 radical (unpaired) electrons. The Morgan fingerprint density at radius 1 is 1.08 bits per heavy atom. The molecule has 0 unspecified atom stereocenters. The van der Waals surface area contributed by atoms with Crippen molar-refractivity contribution in [2.75, 3.05) is 5.73 Å². The van der Waals surface area contributed by atoms with Crippen molar-refractivity contribution < 1.29 is 31.9 Å². The molecular weight excluding hydrogens is 350 g/mol. The summed E-state index contributed by atoms with van der Waals surface area (Å²) in [5.74, 6) is -4.31. The first-order valence-electron chi connectivity index (χ1n) is 6.55. The zero-order valence-electron chi connectivity index (χ0n) is 12.0. The second kappa shape index (κ2) is 5.33. The third kappa shape index (κ3) is 2.79. The zero-order chi connectivity index (χ0) is 18.5. The molecule has 0 saturated heterocycles. The number of carbonyl (C=O) groups excluding carboxylic acids is 2. The summed E-state index contributed by atoms with van der Waals surface area (Å²) >= 11 is 0. The van der Waals surface area contributed by atoms with E-state index >= 15 is 0 Å². The third-order valence-corrected chi connectivity index (χ3v) is 3.34. The number of nitrogens with zero attached hydrogens (tertiary/aromatic N) is 1. The lowest BCUT2D eigenvalue weighted by molar-refractivity contribution is -0.274. The van der Waals surface area contributed by atoms with E-state index in [-0.39, 0.29) is 5.56 Å². The number of benzene rings is 1. The minimum atomic E-state index is -5.12. The van der Waals surface area contributed by atoms with E-state index in [9.17, 15) is 31.9 Å². The maximum absolute atomic E-state index is 13.5. The molecule has 25 heavy (non-hydrogen) atoms. The molecule has 2 heterocycles. The Hall–Kier alpha value is -3.37. The molecule has 0 bridgehead atoms. The molecule has 1 aliphatic rings. The van der Waals surface area contributed by atoms with Crippen LogP contribution < -0.4 is 21.3 Å². The summed E-state index contributed by atoms with van der Waals surface area (Å²) in [7, 11) is 0. The molecule has 1 aromatic carbocycles. The van der Waals surface area contributed by atoms with Gasteiger partial charge in [-0.15, -0.1) is 13.2 Å². The lowest BCUT2D eigenvalue weighted by Crippen LogP contribution is -2.26. The summed E-state index contributed by atoms with van der Waals surface area (Å²) in [5, 5.41) is 1.90. The van der Waals surface area contributed by atoms with Gasteiger partial charge in [-0.1, -0.05) is 0 Å². The van der Waals surface area contributed by atoms with Gasteiger partial charge in [0.15, 0.2) is 5.75 Å². The van der Waals surface area contributed by atoms with Crippen molar-refractivity contribution in [3.8, 4) is 11.4 Å². The summed E-state index contributed by atoms with van der Waals surface area (Å²) in [4.78, 5) is 35.5. The predicted molar refractivity (Wildman–Crippen MR) is 74.9 cm³/mol. The van der Waals surface area contributed by atoms with Crippen LogP contribution in [0.25, 0.3) is 5.69 Å². The fourth-order valence-electron chi connectivity index (χ4n) is 2.40. The SMILES string of the molecule is Nc1c2c(cc(=O)n1-c1cc(F)ccc1OC(F)(F)F)C(=O)NC2=O. The number of amides is 2. The Labute approximate surface area is 135 Å². The topological polar surface area (TPSA) is 103 Å². The van der Waals surface area contributed by atoms with Crippen molar-refractivity contribution in [3.63, 3.8) is 0 Å². The number of anilines is 1. The fourth-order valence-corrected chi connectivity index (χ4v) is 2.40. The number of fused-ring (bicyclic) bond motifs is 1. The Bertz CT molecular complexity index is 981. The van der Waals surface area contributed by atoms with Gasteiger partial charge in [-0.05, 0) is 12.1 Å². The van der Waals surface area contributed by atoms with Crippen molar-refractivity contribution >= 4 is 17.6 Å². The number of imide groups is 1. The molecule has 3 rings (SSSR count). The van der Waals surface area contributed by atoms with Crippen molar-refractivity contribution in [3.05, 3.63) is 51.6 Å². The van der Waals surface area contributed by atoms with Crippen LogP contribution in [0, 0.1) is 5.82 Å². The number of alkyl halides is 3. The highest BCUT2D eigenvalue weighted by Gasteiger charge is 2.35. The summed E-state index contributed by atoms with van der Waals surface area (Å²) < 4.78 is 55.3. The summed E-state index contributed by atoms with van der Waals surface area (Å²) in [6, 6.07) is 2.64. The number of nitrogens with two attached hydrogens (primary N) is 1. The molecule has 7 nitrogen and oxygen atoms in total. The zero-order valence-corrected chi connectivity index (χ0v) is 12.0. The molecule has 0 aliphatic carbocycles. The van der Waals surface area contributed by atoms with Gasteiger partial charge in [0.1, 0.15) is 11.6 Å². The van der Waals surface area contributed by atoms with Crippen LogP contribution in [0.1, 0.15) is 20.7 Å². The number of hydrogen-bond donors (Lipinski definition) is 2. The van der Waals surface area contributed by atoms with Gasteiger partial charge in [0.2, 0.25) is 0 Å². The quantitative estimate of drug-likeness (QED) is 0.624. The van der Waals surface area contributed by atoms with Gasteiger partial charge in [0.05, 0.1) is 16.8 Å². The summed E-state index contributed by atoms with van der Waals surface area (Å²) in [6.45, 7) is 0. The van der Waals surface area contributed by atoms with E-state index in [1.807, 2.05) is 5.32 Å². The molecule has 2 aromatic rings. The van der Waals surface area contributed by atoms with Crippen LogP contribution in [0.4, 0.5) is 23.4 Å². The molecule has 0 fully saturated rings. The average molecular weight is 357 g/mol. The minimum Gasteiger partial charge on any atom is -0.404 e. The first-order valence-corrected chi connectivity index (χ1v) is 6.55. The highest BCUT2D eigenvalue weighted by molar-refractivity contribution is 6.23. The van der Waals surface area contributed by atoms with E-state index in [0.717, 1.165) is 0 Å². The van der Waals surface area contributed by atoms with Crippen LogP contribution in [0.15, 0.2) is 29.1 Å². The number of hydrogen-bond acceptors (Lipinski definition) is 5. The van der Waals surface area contributed by atoms with E-state index in [2.05, 4.69) is 4.74 Å². The number of nitrogen functional groups attached to an aromatic ring is 1. The van der Waals surface area contributed by atoms with Crippen LogP contribution in [0.2, 0.25) is 0 Å². The largest absolute Gasteiger partial charge is 0.573 e. The van der Waals surface area contributed by atoms with Crippen LogP contribution >= 0.6 is 0 Å². The highest BCUT2D eigenvalue weighted by Crippen LogP contribution is 2.32. The van der Waals surface area contributed by atoms with Gasteiger partial charge in [0, 0.05) is 12.1 Å². The first kappa shape index (κ1) is 16.5. The molecule has 3 N–H and O–H groups in total. The maximum atomic E-state index is 13.5. The van der Waals surface area contributed by atoms with Gasteiger partial charge >= 0.3 is 6.36 Å². The summed E-state index contributed by atoms with van der Waals surface area (Å²) in [5.41, 5.74) is 3.26. The molecule has 0 atom stereocenters. The molecule has 130 valence electrons. The monoisotopic (exact) mass is 357 g/mol. The Morgan fingerprint density at radius 3 is 2.40 bits per heavy atom. The van der Waals surface area contributed by atoms with E-state index in [0.29, 0.717) is 28.8 Å². The molecule has 0 saturated carbocycles.